The zero-order chi connectivity index (χ0) is 21.2. The summed E-state index contributed by atoms with van der Waals surface area (Å²) in [5.41, 5.74) is 0.918. The quantitative estimate of drug-likeness (QED) is 0.621. The smallest absolute Gasteiger partial charge is 0.235 e. The lowest BCUT2D eigenvalue weighted by Crippen LogP contribution is -2.41. The Bertz CT molecular complexity index is 933. The van der Waals surface area contributed by atoms with Gasteiger partial charge in [-0.05, 0) is 70.1 Å². The molecule has 1 aliphatic heterocycles. The van der Waals surface area contributed by atoms with Gasteiger partial charge in [0.15, 0.2) is 0 Å². The van der Waals surface area contributed by atoms with Crippen LogP contribution < -0.4 is 14.3 Å². The van der Waals surface area contributed by atoms with Crippen molar-refractivity contribution < 1.29 is 21.2 Å². The van der Waals surface area contributed by atoms with Gasteiger partial charge in [0, 0.05) is 24.8 Å². The molecule has 2 N–H and O–H groups in total. The number of nitrogens with zero attached hydrogens (tertiary/aromatic N) is 1. The number of benzene rings is 1. The molecule has 1 aromatic carbocycles. The number of hydrogen-bond donors (Lipinski definition) is 2. The van der Waals surface area contributed by atoms with Gasteiger partial charge < -0.3 is 5.32 Å². The van der Waals surface area contributed by atoms with Crippen molar-refractivity contribution in [3.8, 4) is 0 Å². The average Bonchev–Trinajstić information content (AvgIpc) is 2.99. The Kier molecular flexibility index (Phi) is 8.40. The molecule has 1 heterocycles. The van der Waals surface area contributed by atoms with Crippen LogP contribution in [0.15, 0.2) is 18.2 Å². The monoisotopic (exact) mass is 483 g/mol. The van der Waals surface area contributed by atoms with E-state index < -0.39 is 31.1 Å². The summed E-state index contributed by atoms with van der Waals surface area (Å²) in [6, 6.07) is 4.27. The van der Waals surface area contributed by atoms with Crippen LogP contribution in [0.4, 0.5) is 15.8 Å². The second-order valence-electron chi connectivity index (χ2n) is 8.25. The number of hydrogen-bond acceptors (Lipinski definition) is 5. The lowest BCUT2D eigenvalue weighted by molar-refractivity contribution is 0.323. The van der Waals surface area contributed by atoms with Crippen molar-refractivity contribution in [3.05, 3.63) is 24.0 Å². The minimum atomic E-state index is -3.35. The van der Waals surface area contributed by atoms with Crippen molar-refractivity contribution >= 4 is 43.8 Å². The van der Waals surface area contributed by atoms with E-state index in [0.29, 0.717) is 36.8 Å². The lowest BCUT2D eigenvalue weighted by Gasteiger charge is -2.30. The van der Waals surface area contributed by atoms with Crippen molar-refractivity contribution in [2.75, 3.05) is 28.5 Å². The van der Waals surface area contributed by atoms with Crippen molar-refractivity contribution in [1.29, 1.82) is 0 Å². The molecular weight excluding hydrogens is 453 g/mol. The summed E-state index contributed by atoms with van der Waals surface area (Å²) in [5, 5.41) is 2.79. The number of nitrogens with one attached hydrogen (secondary N) is 2. The fourth-order valence-electron chi connectivity index (χ4n) is 3.86. The first-order valence-electron chi connectivity index (χ1n) is 10.1. The molecule has 1 saturated heterocycles. The van der Waals surface area contributed by atoms with Crippen molar-refractivity contribution in [3.63, 3.8) is 0 Å². The summed E-state index contributed by atoms with van der Waals surface area (Å²) in [4.78, 5) is 0. The van der Waals surface area contributed by atoms with Gasteiger partial charge in [-0.25, -0.2) is 25.9 Å². The minimum Gasteiger partial charge on any atom is -0.385 e. The molecule has 30 heavy (non-hydrogen) atoms. The minimum absolute atomic E-state index is 0. The molecule has 11 heteroatoms. The Morgan fingerprint density at radius 3 is 2.40 bits per heavy atom. The van der Waals surface area contributed by atoms with Gasteiger partial charge in [0.1, 0.15) is 5.82 Å². The zero-order valence-electron chi connectivity index (χ0n) is 17.3. The largest absolute Gasteiger partial charge is 0.385 e. The molecular formula is C19H31ClFN3O4S2. The summed E-state index contributed by atoms with van der Waals surface area (Å²) in [5.74, 6) is -0.0215. The predicted octanol–water partition coefficient (Wildman–Crippen LogP) is 3.09. The first-order chi connectivity index (χ1) is 13.6. The summed E-state index contributed by atoms with van der Waals surface area (Å²) >= 11 is 0. The van der Waals surface area contributed by atoms with Crippen molar-refractivity contribution in [2.24, 2.45) is 5.92 Å². The molecule has 1 saturated carbocycles. The molecule has 2 aliphatic rings. The van der Waals surface area contributed by atoms with Crippen LogP contribution in [-0.4, -0.2) is 47.0 Å². The first kappa shape index (κ1) is 25.2. The second-order valence-corrected chi connectivity index (χ2v) is 12.5. The fraction of sp³-hybridized carbons (Fsp3) is 0.684. The van der Waals surface area contributed by atoms with Crippen LogP contribution in [-0.2, 0) is 20.0 Å². The van der Waals surface area contributed by atoms with E-state index >= 15 is 0 Å². The van der Waals surface area contributed by atoms with Crippen LogP contribution in [0.5, 0.6) is 0 Å². The Balaban J connectivity index is 0.00000320. The summed E-state index contributed by atoms with van der Waals surface area (Å²) in [6.45, 7) is 4.35. The normalized spacial score (nSPS) is 23.9. The van der Waals surface area contributed by atoms with E-state index in [1.807, 2.05) is 0 Å². The number of rotatable bonds is 7. The van der Waals surface area contributed by atoms with E-state index in [1.165, 1.54) is 16.4 Å². The topological polar surface area (TPSA) is 95.6 Å². The Morgan fingerprint density at radius 2 is 1.83 bits per heavy atom. The Morgan fingerprint density at radius 1 is 1.17 bits per heavy atom. The molecule has 0 spiro atoms. The van der Waals surface area contributed by atoms with Gasteiger partial charge in [-0.1, -0.05) is 0 Å². The van der Waals surface area contributed by atoms with Crippen molar-refractivity contribution in [2.45, 2.75) is 57.2 Å². The van der Waals surface area contributed by atoms with E-state index in [4.69, 9.17) is 0 Å². The first-order valence-corrected chi connectivity index (χ1v) is 13.3. The highest BCUT2D eigenvalue weighted by Crippen LogP contribution is 2.29. The third-order valence-electron chi connectivity index (χ3n) is 5.66. The highest BCUT2D eigenvalue weighted by Gasteiger charge is 2.29. The molecule has 0 bridgehead atoms. The van der Waals surface area contributed by atoms with Gasteiger partial charge in [0.05, 0.1) is 16.7 Å². The molecule has 0 unspecified atom stereocenters. The third-order valence-corrected chi connectivity index (χ3v) is 9.44. The van der Waals surface area contributed by atoms with Crippen molar-refractivity contribution in [1.82, 2.24) is 4.72 Å². The van der Waals surface area contributed by atoms with E-state index in [9.17, 15) is 21.2 Å². The van der Waals surface area contributed by atoms with Gasteiger partial charge in [-0.15, -0.1) is 12.4 Å². The highest BCUT2D eigenvalue weighted by molar-refractivity contribution is 7.93. The lowest BCUT2D eigenvalue weighted by atomic mass is 9.86. The standard InChI is InChI=1S/C19H30FN3O4S2.ClH/c1-14(2)29(26,27)22-17-6-4-15(5-7-17)13-21-18-10-16(20)11-19(12-18)23-8-3-9-28(23,24)25;/h10-12,14-15,17,21-22H,3-9,13H2,1-2H3;1H. The number of halogens is 2. The molecule has 3 rings (SSSR count). The molecule has 0 radical (unpaired) electrons. The van der Waals surface area contributed by atoms with E-state index in [0.717, 1.165) is 25.7 Å². The molecule has 0 atom stereocenters. The van der Waals surface area contributed by atoms with Crippen LogP contribution >= 0.6 is 12.4 Å². The van der Waals surface area contributed by atoms with Gasteiger partial charge in [-0.2, -0.15) is 0 Å². The molecule has 0 amide bonds. The summed E-state index contributed by atoms with van der Waals surface area (Å²) < 4.78 is 66.3. The van der Waals surface area contributed by atoms with E-state index in [-0.39, 0.29) is 24.2 Å². The van der Waals surface area contributed by atoms with Crippen LogP contribution in [0.25, 0.3) is 0 Å². The summed E-state index contributed by atoms with van der Waals surface area (Å²) in [7, 11) is -6.61. The third kappa shape index (κ3) is 6.21. The van der Waals surface area contributed by atoms with Crippen LogP contribution in [0.2, 0.25) is 0 Å². The Labute approximate surface area is 185 Å². The maximum atomic E-state index is 14.0. The van der Waals surface area contributed by atoms with Gasteiger partial charge in [-0.3, -0.25) is 4.31 Å². The fourth-order valence-corrected chi connectivity index (χ4v) is 6.39. The Hall–Kier alpha value is -1.10. The predicted molar refractivity (Wildman–Crippen MR) is 121 cm³/mol. The summed E-state index contributed by atoms with van der Waals surface area (Å²) in [6.07, 6.45) is 3.85. The number of anilines is 2. The van der Waals surface area contributed by atoms with Crippen LogP contribution in [0.1, 0.15) is 46.0 Å². The maximum Gasteiger partial charge on any atom is 0.235 e. The molecule has 1 aromatic rings. The number of sulfonamides is 2. The zero-order valence-corrected chi connectivity index (χ0v) is 19.8. The molecule has 172 valence electrons. The van der Waals surface area contributed by atoms with Gasteiger partial charge in [0.2, 0.25) is 20.0 Å². The molecule has 7 nitrogen and oxygen atoms in total. The highest BCUT2D eigenvalue weighted by atomic mass is 35.5. The SMILES string of the molecule is CC(C)S(=O)(=O)NC1CCC(CNc2cc(F)cc(N3CCCS3(=O)=O)c2)CC1.Cl. The maximum absolute atomic E-state index is 14.0. The van der Waals surface area contributed by atoms with Gasteiger partial charge >= 0.3 is 0 Å². The van der Waals surface area contributed by atoms with Crippen LogP contribution in [0, 0.1) is 11.7 Å². The van der Waals surface area contributed by atoms with E-state index in [2.05, 4.69) is 10.0 Å². The van der Waals surface area contributed by atoms with E-state index in [1.54, 1.807) is 19.9 Å². The molecule has 2 fully saturated rings. The molecule has 1 aliphatic carbocycles. The molecule has 0 aromatic heterocycles. The second kappa shape index (κ2) is 10.0. The van der Waals surface area contributed by atoms with Gasteiger partial charge in [0.25, 0.3) is 0 Å². The van der Waals surface area contributed by atoms with Crippen LogP contribution in [0.3, 0.4) is 0 Å². The average molecular weight is 484 g/mol.